The Morgan fingerprint density at radius 1 is 1.67 bits per heavy atom. The molecule has 1 aliphatic heterocycles. The molecule has 1 rings (SSSR count). The van der Waals surface area contributed by atoms with Crippen molar-refractivity contribution in [2.75, 3.05) is 13.2 Å². The van der Waals surface area contributed by atoms with Crippen LogP contribution in [0, 0.1) is 0 Å². The quantitative estimate of drug-likeness (QED) is 0.554. The van der Waals surface area contributed by atoms with Gasteiger partial charge in [-0.2, -0.15) is 0 Å². The van der Waals surface area contributed by atoms with Crippen molar-refractivity contribution in [1.82, 2.24) is 4.90 Å². The maximum absolute atomic E-state index is 11.1. The van der Waals surface area contributed by atoms with Crippen molar-refractivity contribution in [2.24, 2.45) is 0 Å². The van der Waals surface area contributed by atoms with E-state index in [2.05, 4.69) is 0 Å². The van der Waals surface area contributed by atoms with E-state index in [0.29, 0.717) is 19.4 Å². The topological polar surface area (TPSA) is 60.8 Å². The van der Waals surface area contributed by atoms with Crippen LogP contribution in [0.4, 0.5) is 0 Å². The summed E-state index contributed by atoms with van der Waals surface area (Å²) in [5, 5.41) is 17.9. The highest BCUT2D eigenvalue weighted by Gasteiger charge is 2.26. The van der Waals surface area contributed by atoms with E-state index in [1.165, 1.54) is 0 Å². The number of carbonyl (C=O) groups is 1. The van der Waals surface area contributed by atoms with E-state index in [1.807, 2.05) is 6.92 Å². The van der Waals surface area contributed by atoms with Crippen LogP contribution in [0.5, 0.6) is 0 Å². The first-order valence-corrected chi connectivity index (χ1v) is 4.23. The number of likely N-dealkylation sites (tertiary alicyclic amines) is 1. The third-order valence-corrected chi connectivity index (χ3v) is 2.30. The number of amides is 1. The number of rotatable bonds is 1. The van der Waals surface area contributed by atoms with E-state index < -0.39 is 6.61 Å². The van der Waals surface area contributed by atoms with Gasteiger partial charge in [-0.05, 0) is 19.8 Å². The third-order valence-electron chi connectivity index (χ3n) is 2.30. The Bertz CT molecular complexity index is 172. The molecule has 4 heteroatoms. The molecule has 2 atom stereocenters. The minimum atomic E-state index is -0.430. The predicted octanol–water partition coefficient (Wildman–Crippen LogP) is -0.649. The summed E-state index contributed by atoms with van der Waals surface area (Å²) in [5.74, 6) is -0.241. The highest BCUT2D eigenvalue weighted by Crippen LogP contribution is 2.16. The Hall–Kier alpha value is -0.610. The van der Waals surface area contributed by atoms with Gasteiger partial charge >= 0.3 is 0 Å². The zero-order valence-electron chi connectivity index (χ0n) is 7.23. The van der Waals surface area contributed by atoms with Crippen LogP contribution >= 0.6 is 0 Å². The fraction of sp³-hybridized carbons (Fsp3) is 0.875. The van der Waals surface area contributed by atoms with E-state index in [9.17, 15) is 9.90 Å². The summed E-state index contributed by atoms with van der Waals surface area (Å²) in [5.41, 5.74) is 0. The summed E-state index contributed by atoms with van der Waals surface area (Å²) in [4.78, 5) is 12.7. The molecule has 0 bridgehead atoms. The first-order chi connectivity index (χ1) is 5.65. The smallest absolute Gasteiger partial charge is 0.248 e. The summed E-state index contributed by atoms with van der Waals surface area (Å²) in [6.45, 7) is 2.01. The number of piperidine rings is 1. The van der Waals surface area contributed by atoms with Crippen LogP contribution in [0.2, 0.25) is 0 Å². The number of hydrogen-bond donors (Lipinski definition) is 2. The zero-order chi connectivity index (χ0) is 9.14. The molecule has 1 aliphatic rings. The van der Waals surface area contributed by atoms with Crippen LogP contribution in [-0.2, 0) is 4.79 Å². The lowest BCUT2D eigenvalue weighted by atomic mass is 10.0. The first-order valence-electron chi connectivity index (χ1n) is 4.23. The van der Waals surface area contributed by atoms with Gasteiger partial charge in [0.15, 0.2) is 0 Å². The van der Waals surface area contributed by atoms with Crippen LogP contribution in [0.3, 0.4) is 0 Å². The number of carbonyl (C=O) groups excluding carboxylic acids is 1. The molecule has 12 heavy (non-hydrogen) atoms. The first kappa shape index (κ1) is 9.48. The largest absolute Gasteiger partial charge is 0.393 e. The molecule has 0 aromatic heterocycles. The van der Waals surface area contributed by atoms with Gasteiger partial charge < -0.3 is 15.1 Å². The second-order valence-corrected chi connectivity index (χ2v) is 3.27. The van der Waals surface area contributed by atoms with Gasteiger partial charge in [-0.25, -0.2) is 0 Å². The third kappa shape index (κ3) is 1.95. The molecular weight excluding hydrogens is 158 g/mol. The van der Waals surface area contributed by atoms with E-state index in [1.54, 1.807) is 4.90 Å². The van der Waals surface area contributed by atoms with Crippen LogP contribution in [0.1, 0.15) is 19.8 Å². The Kier molecular flexibility index (Phi) is 3.05. The Labute approximate surface area is 71.8 Å². The number of nitrogens with zero attached hydrogens (tertiary/aromatic N) is 1. The number of hydrogen-bond acceptors (Lipinski definition) is 3. The molecule has 2 N–H and O–H groups in total. The van der Waals surface area contributed by atoms with Gasteiger partial charge in [0.2, 0.25) is 5.91 Å². The second kappa shape index (κ2) is 3.87. The fourth-order valence-corrected chi connectivity index (χ4v) is 1.61. The van der Waals surface area contributed by atoms with Gasteiger partial charge in [-0.3, -0.25) is 4.79 Å². The monoisotopic (exact) mass is 173 g/mol. The molecule has 0 saturated carbocycles. The summed E-state index contributed by atoms with van der Waals surface area (Å²) in [7, 11) is 0. The van der Waals surface area contributed by atoms with Gasteiger partial charge in [0, 0.05) is 12.6 Å². The van der Waals surface area contributed by atoms with Gasteiger partial charge in [0.05, 0.1) is 6.10 Å². The van der Waals surface area contributed by atoms with Gasteiger partial charge in [-0.15, -0.1) is 0 Å². The lowest BCUT2D eigenvalue weighted by Gasteiger charge is -2.35. The molecule has 0 aromatic carbocycles. The zero-order valence-corrected chi connectivity index (χ0v) is 7.23. The summed E-state index contributed by atoms with van der Waals surface area (Å²) in [6, 6.07) is 0.0494. The number of aliphatic hydroxyl groups is 2. The standard InChI is InChI=1S/C8H15NO3/c1-6-4-7(11)2-3-9(6)8(12)5-10/h6-7,10-11H,2-5H2,1H3. The maximum Gasteiger partial charge on any atom is 0.248 e. The molecule has 0 aromatic rings. The molecular formula is C8H15NO3. The van der Waals surface area contributed by atoms with Crippen LogP contribution in [0.25, 0.3) is 0 Å². The van der Waals surface area contributed by atoms with Gasteiger partial charge in [-0.1, -0.05) is 0 Å². The normalized spacial score (nSPS) is 30.4. The molecule has 2 unspecified atom stereocenters. The summed E-state index contributed by atoms with van der Waals surface area (Å²) in [6.07, 6.45) is 0.949. The van der Waals surface area contributed by atoms with Crippen molar-refractivity contribution in [1.29, 1.82) is 0 Å². The molecule has 1 heterocycles. The predicted molar refractivity (Wildman–Crippen MR) is 43.5 cm³/mol. The average Bonchev–Trinajstić information content (AvgIpc) is 2.03. The maximum atomic E-state index is 11.1. The second-order valence-electron chi connectivity index (χ2n) is 3.27. The van der Waals surface area contributed by atoms with Crippen molar-refractivity contribution in [2.45, 2.75) is 31.9 Å². The molecule has 0 radical (unpaired) electrons. The Morgan fingerprint density at radius 3 is 2.83 bits per heavy atom. The minimum Gasteiger partial charge on any atom is -0.393 e. The highest BCUT2D eigenvalue weighted by molar-refractivity contribution is 5.77. The van der Waals surface area contributed by atoms with Crippen molar-refractivity contribution < 1.29 is 15.0 Å². The summed E-state index contributed by atoms with van der Waals surface area (Å²) < 4.78 is 0. The SMILES string of the molecule is CC1CC(O)CCN1C(=O)CO. The molecule has 0 spiro atoms. The van der Waals surface area contributed by atoms with Crippen molar-refractivity contribution in [3.63, 3.8) is 0 Å². The molecule has 70 valence electrons. The van der Waals surface area contributed by atoms with Crippen LogP contribution < -0.4 is 0 Å². The van der Waals surface area contributed by atoms with Crippen molar-refractivity contribution >= 4 is 5.91 Å². The van der Waals surface area contributed by atoms with E-state index in [4.69, 9.17) is 5.11 Å². The van der Waals surface area contributed by atoms with E-state index in [-0.39, 0.29) is 18.1 Å². The fourth-order valence-electron chi connectivity index (χ4n) is 1.61. The van der Waals surface area contributed by atoms with E-state index in [0.717, 1.165) is 0 Å². The lowest BCUT2D eigenvalue weighted by Crippen LogP contribution is -2.47. The average molecular weight is 173 g/mol. The van der Waals surface area contributed by atoms with Gasteiger partial charge in [0.1, 0.15) is 6.61 Å². The molecule has 0 aliphatic carbocycles. The van der Waals surface area contributed by atoms with Crippen molar-refractivity contribution in [3.05, 3.63) is 0 Å². The van der Waals surface area contributed by atoms with Crippen molar-refractivity contribution in [3.8, 4) is 0 Å². The number of aliphatic hydroxyl groups excluding tert-OH is 2. The van der Waals surface area contributed by atoms with E-state index >= 15 is 0 Å². The minimum absolute atomic E-state index is 0.0494. The molecule has 1 amide bonds. The molecule has 4 nitrogen and oxygen atoms in total. The molecule has 1 fully saturated rings. The van der Waals surface area contributed by atoms with Crippen LogP contribution in [0.15, 0.2) is 0 Å². The molecule has 1 saturated heterocycles. The summed E-state index contributed by atoms with van der Waals surface area (Å²) >= 11 is 0. The van der Waals surface area contributed by atoms with Gasteiger partial charge in [0.25, 0.3) is 0 Å². The lowest BCUT2D eigenvalue weighted by molar-refractivity contribution is -0.139. The highest BCUT2D eigenvalue weighted by atomic mass is 16.3. The van der Waals surface area contributed by atoms with Crippen LogP contribution in [-0.4, -0.2) is 46.3 Å². The Morgan fingerprint density at radius 2 is 2.33 bits per heavy atom. The Balaban J connectivity index is 2.50.